The minimum Gasteiger partial charge on any atom is -0.490 e. The second kappa shape index (κ2) is 11.2. The molecular weight excluding hydrogens is 416 g/mol. The molecule has 1 aliphatic heterocycles. The molecular formula is C26H28N4O3. The molecule has 3 aromatic rings. The Labute approximate surface area is 194 Å². The first-order valence-electron chi connectivity index (χ1n) is 11.0. The molecule has 1 atom stereocenters. The van der Waals surface area contributed by atoms with E-state index in [4.69, 9.17) is 9.47 Å². The van der Waals surface area contributed by atoms with Crippen LogP contribution in [-0.2, 0) is 4.74 Å². The van der Waals surface area contributed by atoms with Gasteiger partial charge in [-0.15, -0.1) is 5.10 Å². The second-order valence-electron chi connectivity index (χ2n) is 7.85. The van der Waals surface area contributed by atoms with Gasteiger partial charge in [0.1, 0.15) is 18.5 Å². The highest BCUT2D eigenvalue weighted by molar-refractivity contribution is 5.88. The number of aromatic nitrogens is 2. The van der Waals surface area contributed by atoms with Gasteiger partial charge >= 0.3 is 6.03 Å². The molecule has 0 bridgehead atoms. The van der Waals surface area contributed by atoms with Gasteiger partial charge in [-0.1, -0.05) is 54.1 Å². The van der Waals surface area contributed by atoms with Gasteiger partial charge in [0, 0.05) is 26.4 Å². The van der Waals surface area contributed by atoms with E-state index in [0.717, 1.165) is 29.7 Å². The Bertz CT molecular complexity index is 1060. The third kappa shape index (κ3) is 6.40. The van der Waals surface area contributed by atoms with Crippen molar-refractivity contribution in [2.75, 3.05) is 32.1 Å². The van der Waals surface area contributed by atoms with Crippen LogP contribution in [0.4, 0.5) is 10.6 Å². The fraction of sp³-hybridized carbons (Fsp3) is 0.269. The Balaban J connectivity index is 1.31. The Morgan fingerprint density at radius 3 is 2.64 bits per heavy atom. The van der Waals surface area contributed by atoms with Crippen LogP contribution in [0.2, 0.25) is 0 Å². The number of likely N-dealkylation sites (tertiary alicyclic amines) is 1. The summed E-state index contributed by atoms with van der Waals surface area (Å²) < 4.78 is 11.6. The van der Waals surface area contributed by atoms with Crippen molar-refractivity contribution in [1.29, 1.82) is 0 Å². The number of piperidine rings is 1. The highest BCUT2D eigenvalue weighted by atomic mass is 16.5. The van der Waals surface area contributed by atoms with Gasteiger partial charge in [-0.2, -0.15) is 5.10 Å². The minimum absolute atomic E-state index is 0.120. The topological polar surface area (TPSA) is 76.6 Å². The Morgan fingerprint density at radius 1 is 1.09 bits per heavy atom. The Hall–Kier alpha value is -3.71. The SMILES string of the molecule is CO[C@H](COc1cccc(C=C2CCN(C(=O)Nc3cccnn3)CC2)c1)c1ccccc1. The largest absolute Gasteiger partial charge is 0.490 e. The maximum absolute atomic E-state index is 12.4. The zero-order valence-corrected chi connectivity index (χ0v) is 18.7. The van der Waals surface area contributed by atoms with Gasteiger partial charge in [0.05, 0.1) is 0 Å². The third-order valence-corrected chi connectivity index (χ3v) is 5.59. The van der Waals surface area contributed by atoms with Gasteiger partial charge in [0.2, 0.25) is 0 Å². The van der Waals surface area contributed by atoms with Crippen molar-refractivity contribution in [2.45, 2.75) is 18.9 Å². The molecule has 7 heteroatoms. The van der Waals surface area contributed by atoms with Crippen LogP contribution in [-0.4, -0.2) is 47.9 Å². The Kier molecular flexibility index (Phi) is 7.66. The number of nitrogens with zero attached hydrogens (tertiary/aromatic N) is 3. The fourth-order valence-electron chi connectivity index (χ4n) is 3.77. The summed E-state index contributed by atoms with van der Waals surface area (Å²) in [5.74, 6) is 1.27. The lowest BCUT2D eigenvalue weighted by Crippen LogP contribution is -2.39. The first kappa shape index (κ1) is 22.5. The fourth-order valence-corrected chi connectivity index (χ4v) is 3.77. The summed E-state index contributed by atoms with van der Waals surface area (Å²) in [6.45, 7) is 1.78. The predicted octanol–water partition coefficient (Wildman–Crippen LogP) is 4.95. The number of anilines is 1. The molecule has 1 fully saturated rings. The van der Waals surface area contributed by atoms with Crippen LogP contribution in [0.5, 0.6) is 5.75 Å². The number of amides is 2. The van der Waals surface area contributed by atoms with Crippen molar-refractivity contribution in [3.05, 3.63) is 89.6 Å². The van der Waals surface area contributed by atoms with Crippen LogP contribution in [0.3, 0.4) is 0 Å². The van der Waals surface area contributed by atoms with Crippen molar-refractivity contribution in [3.63, 3.8) is 0 Å². The summed E-state index contributed by atoms with van der Waals surface area (Å²) in [5.41, 5.74) is 3.50. The number of carbonyl (C=O) groups is 1. The number of methoxy groups -OCH3 is 1. The maximum Gasteiger partial charge on any atom is 0.323 e. The van der Waals surface area contributed by atoms with Crippen molar-refractivity contribution in [2.24, 2.45) is 0 Å². The summed E-state index contributed by atoms with van der Waals surface area (Å²) in [6.07, 6.45) is 5.31. The van der Waals surface area contributed by atoms with Gasteiger partial charge in [0.15, 0.2) is 5.82 Å². The molecule has 2 aromatic carbocycles. The number of carbonyl (C=O) groups excluding carboxylic acids is 1. The van der Waals surface area contributed by atoms with Gasteiger partial charge < -0.3 is 14.4 Å². The molecule has 0 radical (unpaired) electrons. The zero-order chi connectivity index (χ0) is 22.9. The lowest BCUT2D eigenvalue weighted by Gasteiger charge is -2.28. The van der Waals surface area contributed by atoms with Crippen LogP contribution in [0.15, 0.2) is 78.5 Å². The van der Waals surface area contributed by atoms with Gasteiger partial charge in [-0.3, -0.25) is 5.32 Å². The number of rotatable bonds is 7. The van der Waals surface area contributed by atoms with E-state index < -0.39 is 0 Å². The summed E-state index contributed by atoms with van der Waals surface area (Å²) >= 11 is 0. The van der Waals surface area contributed by atoms with E-state index in [1.807, 2.05) is 48.5 Å². The molecule has 0 unspecified atom stereocenters. The van der Waals surface area contributed by atoms with Crippen LogP contribution >= 0.6 is 0 Å². The second-order valence-corrected chi connectivity index (χ2v) is 7.85. The molecule has 1 N–H and O–H groups in total. The molecule has 0 saturated carbocycles. The summed E-state index contributed by atoms with van der Waals surface area (Å²) in [6, 6.07) is 21.5. The Morgan fingerprint density at radius 2 is 1.91 bits per heavy atom. The molecule has 7 nitrogen and oxygen atoms in total. The van der Waals surface area contributed by atoms with E-state index in [2.05, 4.69) is 27.7 Å². The number of hydrogen-bond donors (Lipinski definition) is 1. The van der Waals surface area contributed by atoms with E-state index in [0.29, 0.717) is 25.5 Å². The van der Waals surface area contributed by atoms with Gasteiger partial charge in [0.25, 0.3) is 0 Å². The molecule has 33 heavy (non-hydrogen) atoms. The highest BCUT2D eigenvalue weighted by Crippen LogP contribution is 2.24. The third-order valence-electron chi connectivity index (χ3n) is 5.59. The van der Waals surface area contributed by atoms with E-state index in [-0.39, 0.29) is 12.1 Å². The first-order valence-corrected chi connectivity index (χ1v) is 11.0. The van der Waals surface area contributed by atoms with Crippen LogP contribution in [0.25, 0.3) is 6.08 Å². The van der Waals surface area contributed by atoms with Crippen molar-refractivity contribution >= 4 is 17.9 Å². The molecule has 2 amide bonds. The molecule has 1 aromatic heterocycles. The van der Waals surface area contributed by atoms with E-state index in [1.165, 1.54) is 5.57 Å². The average Bonchev–Trinajstić information content (AvgIpc) is 2.86. The van der Waals surface area contributed by atoms with E-state index in [9.17, 15) is 4.79 Å². The number of nitrogens with one attached hydrogen (secondary N) is 1. The summed E-state index contributed by atoms with van der Waals surface area (Å²) in [7, 11) is 1.70. The lowest BCUT2D eigenvalue weighted by atomic mass is 10.0. The van der Waals surface area contributed by atoms with Gasteiger partial charge in [-0.25, -0.2) is 4.79 Å². The van der Waals surface area contributed by atoms with Crippen molar-refractivity contribution in [1.82, 2.24) is 15.1 Å². The molecule has 0 aliphatic carbocycles. The summed E-state index contributed by atoms with van der Waals surface area (Å²) in [5, 5.41) is 10.5. The molecule has 4 rings (SSSR count). The van der Waals surface area contributed by atoms with Crippen LogP contribution in [0.1, 0.15) is 30.1 Å². The molecule has 2 heterocycles. The van der Waals surface area contributed by atoms with E-state index in [1.54, 1.807) is 30.3 Å². The highest BCUT2D eigenvalue weighted by Gasteiger charge is 2.19. The van der Waals surface area contributed by atoms with E-state index >= 15 is 0 Å². The smallest absolute Gasteiger partial charge is 0.323 e. The van der Waals surface area contributed by atoms with Crippen molar-refractivity contribution < 1.29 is 14.3 Å². The number of benzene rings is 2. The molecule has 170 valence electrons. The monoisotopic (exact) mass is 444 g/mol. The quantitative estimate of drug-likeness (QED) is 0.558. The molecule has 0 spiro atoms. The van der Waals surface area contributed by atoms with Crippen molar-refractivity contribution in [3.8, 4) is 5.75 Å². The number of hydrogen-bond acceptors (Lipinski definition) is 5. The standard InChI is InChI=1S/C26H28N4O3/c1-32-24(22-8-3-2-4-9-22)19-33-23-10-5-7-21(18-23)17-20-12-15-30(16-13-20)26(31)28-25-11-6-14-27-29-25/h2-11,14,17-18,24H,12-13,15-16,19H2,1H3,(H,28,29,31)/t24-/m1/s1. The lowest BCUT2D eigenvalue weighted by molar-refractivity contribution is 0.0576. The predicted molar refractivity (Wildman–Crippen MR) is 128 cm³/mol. The minimum atomic E-state index is -0.143. The zero-order valence-electron chi connectivity index (χ0n) is 18.7. The maximum atomic E-state index is 12.4. The number of ether oxygens (including phenoxy) is 2. The first-order chi connectivity index (χ1) is 16.2. The van der Waals surface area contributed by atoms with Crippen LogP contribution in [0, 0.1) is 0 Å². The normalized spacial score (nSPS) is 14.5. The molecule has 1 saturated heterocycles. The van der Waals surface area contributed by atoms with Crippen LogP contribution < -0.4 is 10.1 Å². The summed E-state index contributed by atoms with van der Waals surface area (Å²) in [4.78, 5) is 14.2. The number of urea groups is 1. The average molecular weight is 445 g/mol. The van der Waals surface area contributed by atoms with Gasteiger partial charge in [-0.05, 0) is 48.2 Å². The molecule has 1 aliphatic rings.